The number of alkyl halides is 1. The predicted octanol–water partition coefficient (Wildman–Crippen LogP) is 4.50. The van der Waals surface area contributed by atoms with Crippen LogP contribution in [0.4, 0.5) is 0 Å². The van der Waals surface area contributed by atoms with Gasteiger partial charge in [-0.05, 0) is 30.9 Å². The van der Waals surface area contributed by atoms with Crippen molar-refractivity contribution in [2.75, 3.05) is 0 Å². The predicted molar refractivity (Wildman–Crippen MR) is 77.2 cm³/mol. The van der Waals surface area contributed by atoms with Gasteiger partial charge in [0.25, 0.3) is 0 Å². The second-order valence-corrected chi connectivity index (χ2v) is 5.99. The zero-order valence-corrected chi connectivity index (χ0v) is 11.9. The molecule has 3 heteroatoms. The molecule has 94 valence electrons. The molecule has 1 aliphatic rings. The second kappa shape index (κ2) is 5.27. The number of halogens is 1. The standard InChI is InChI=1S/C15H17BrN2/c16-15(12-6-4-5-7-12)13-10-17-18(11-13)14-8-2-1-3-9-14/h1-3,8-12,15H,4-7H2. The van der Waals surface area contributed by atoms with E-state index in [1.54, 1.807) is 0 Å². The Morgan fingerprint density at radius 1 is 1.17 bits per heavy atom. The van der Waals surface area contributed by atoms with E-state index in [2.05, 4.69) is 39.4 Å². The average Bonchev–Trinajstić information content (AvgIpc) is 3.10. The number of benzene rings is 1. The Balaban J connectivity index is 1.81. The summed E-state index contributed by atoms with van der Waals surface area (Å²) in [6, 6.07) is 10.3. The topological polar surface area (TPSA) is 17.8 Å². The van der Waals surface area contributed by atoms with Crippen molar-refractivity contribution < 1.29 is 0 Å². The van der Waals surface area contributed by atoms with Crippen LogP contribution in [0.1, 0.15) is 36.1 Å². The van der Waals surface area contributed by atoms with Crippen molar-refractivity contribution in [1.82, 2.24) is 9.78 Å². The molecule has 0 spiro atoms. The summed E-state index contributed by atoms with van der Waals surface area (Å²) < 4.78 is 1.96. The third kappa shape index (κ3) is 2.37. The Kier molecular flexibility index (Phi) is 3.50. The Bertz CT molecular complexity index is 500. The monoisotopic (exact) mass is 304 g/mol. The fourth-order valence-electron chi connectivity index (χ4n) is 2.72. The summed E-state index contributed by atoms with van der Waals surface area (Å²) in [5.41, 5.74) is 2.42. The van der Waals surface area contributed by atoms with E-state index < -0.39 is 0 Å². The summed E-state index contributed by atoms with van der Waals surface area (Å²) in [5, 5.41) is 4.47. The molecule has 1 aromatic heterocycles. The van der Waals surface area contributed by atoms with E-state index in [1.165, 1.54) is 31.2 Å². The third-order valence-corrected chi connectivity index (χ3v) is 5.03. The van der Waals surface area contributed by atoms with Crippen molar-refractivity contribution in [2.24, 2.45) is 5.92 Å². The van der Waals surface area contributed by atoms with E-state index in [1.807, 2.05) is 29.1 Å². The molecule has 1 unspecified atom stereocenters. The number of rotatable bonds is 3. The van der Waals surface area contributed by atoms with Gasteiger partial charge in [-0.25, -0.2) is 4.68 Å². The molecule has 0 amide bonds. The van der Waals surface area contributed by atoms with Crippen LogP contribution in [0.3, 0.4) is 0 Å². The van der Waals surface area contributed by atoms with Crippen molar-refractivity contribution in [3.8, 4) is 5.69 Å². The molecule has 1 aliphatic carbocycles. The van der Waals surface area contributed by atoms with Crippen LogP contribution in [0.2, 0.25) is 0 Å². The summed E-state index contributed by atoms with van der Waals surface area (Å²) in [6.07, 6.45) is 9.57. The zero-order chi connectivity index (χ0) is 12.4. The lowest BCUT2D eigenvalue weighted by Crippen LogP contribution is -2.01. The highest BCUT2D eigenvalue weighted by Gasteiger charge is 2.25. The SMILES string of the molecule is BrC(c1cnn(-c2ccccc2)c1)C1CCCC1. The van der Waals surface area contributed by atoms with Crippen LogP contribution in [-0.4, -0.2) is 9.78 Å². The Morgan fingerprint density at radius 2 is 1.89 bits per heavy atom. The van der Waals surface area contributed by atoms with Crippen LogP contribution in [-0.2, 0) is 0 Å². The first kappa shape index (κ1) is 12.0. The van der Waals surface area contributed by atoms with E-state index >= 15 is 0 Å². The highest BCUT2D eigenvalue weighted by molar-refractivity contribution is 9.09. The fraction of sp³-hybridized carbons (Fsp3) is 0.400. The van der Waals surface area contributed by atoms with Crippen LogP contribution < -0.4 is 0 Å². The Hall–Kier alpha value is -1.09. The lowest BCUT2D eigenvalue weighted by molar-refractivity contribution is 0.542. The van der Waals surface area contributed by atoms with Gasteiger partial charge in [0.1, 0.15) is 0 Å². The van der Waals surface area contributed by atoms with Crippen molar-refractivity contribution in [2.45, 2.75) is 30.5 Å². The molecule has 2 nitrogen and oxygen atoms in total. The van der Waals surface area contributed by atoms with Crippen LogP contribution in [0.5, 0.6) is 0 Å². The maximum Gasteiger partial charge on any atom is 0.0645 e. The summed E-state index contributed by atoms with van der Waals surface area (Å²) in [4.78, 5) is 0.456. The normalized spacial score (nSPS) is 18.1. The van der Waals surface area contributed by atoms with Gasteiger partial charge in [0.15, 0.2) is 0 Å². The van der Waals surface area contributed by atoms with Gasteiger partial charge in [0.2, 0.25) is 0 Å². The van der Waals surface area contributed by atoms with E-state index in [0.717, 1.165) is 11.6 Å². The molecule has 2 aromatic rings. The van der Waals surface area contributed by atoms with Crippen LogP contribution in [0.25, 0.3) is 5.69 Å². The molecule has 18 heavy (non-hydrogen) atoms. The molecular formula is C15H17BrN2. The fourth-order valence-corrected chi connectivity index (χ4v) is 3.49. The van der Waals surface area contributed by atoms with Gasteiger partial charge in [-0.15, -0.1) is 0 Å². The zero-order valence-electron chi connectivity index (χ0n) is 10.3. The largest absolute Gasteiger partial charge is 0.241 e. The van der Waals surface area contributed by atoms with Gasteiger partial charge in [0, 0.05) is 16.6 Å². The molecule has 0 bridgehead atoms. The highest BCUT2D eigenvalue weighted by atomic mass is 79.9. The van der Waals surface area contributed by atoms with Crippen LogP contribution in [0, 0.1) is 5.92 Å². The van der Waals surface area contributed by atoms with Gasteiger partial charge >= 0.3 is 0 Å². The molecule has 1 saturated carbocycles. The molecule has 0 aliphatic heterocycles. The first-order chi connectivity index (χ1) is 8.84. The van der Waals surface area contributed by atoms with E-state index in [-0.39, 0.29) is 0 Å². The quantitative estimate of drug-likeness (QED) is 0.764. The van der Waals surface area contributed by atoms with E-state index in [4.69, 9.17) is 0 Å². The first-order valence-electron chi connectivity index (χ1n) is 6.58. The Labute approximate surface area is 116 Å². The molecule has 3 rings (SSSR count). The number of para-hydroxylation sites is 1. The Morgan fingerprint density at radius 3 is 2.61 bits per heavy atom. The highest BCUT2D eigenvalue weighted by Crippen LogP contribution is 2.41. The maximum atomic E-state index is 4.47. The van der Waals surface area contributed by atoms with Gasteiger partial charge in [-0.3, -0.25) is 0 Å². The molecule has 1 aromatic carbocycles. The number of hydrogen-bond acceptors (Lipinski definition) is 1. The maximum absolute atomic E-state index is 4.47. The van der Waals surface area contributed by atoms with Crippen molar-refractivity contribution in [1.29, 1.82) is 0 Å². The summed E-state index contributed by atoms with van der Waals surface area (Å²) in [7, 11) is 0. The summed E-state index contributed by atoms with van der Waals surface area (Å²) in [6.45, 7) is 0. The summed E-state index contributed by atoms with van der Waals surface area (Å²) >= 11 is 3.85. The molecule has 0 radical (unpaired) electrons. The van der Waals surface area contributed by atoms with E-state index in [0.29, 0.717) is 4.83 Å². The van der Waals surface area contributed by atoms with Crippen LogP contribution >= 0.6 is 15.9 Å². The van der Waals surface area contributed by atoms with Crippen molar-refractivity contribution in [3.63, 3.8) is 0 Å². The lowest BCUT2D eigenvalue weighted by Gasteiger charge is -2.14. The number of hydrogen-bond donors (Lipinski definition) is 0. The molecule has 0 N–H and O–H groups in total. The molecule has 0 saturated heterocycles. The van der Waals surface area contributed by atoms with Crippen molar-refractivity contribution >= 4 is 15.9 Å². The van der Waals surface area contributed by atoms with Crippen molar-refractivity contribution in [3.05, 3.63) is 48.3 Å². The second-order valence-electron chi connectivity index (χ2n) is 5.00. The van der Waals surface area contributed by atoms with Gasteiger partial charge in [0.05, 0.1) is 11.9 Å². The minimum Gasteiger partial charge on any atom is -0.241 e. The van der Waals surface area contributed by atoms with Gasteiger partial charge < -0.3 is 0 Å². The smallest absolute Gasteiger partial charge is 0.0645 e. The van der Waals surface area contributed by atoms with E-state index in [9.17, 15) is 0 Å². The molecule has 1 heterocycles. The number of nitrogens with zero attached hydrogens (tertiary/aromatic N) is 2. The van der Waals surface area contributed by atoms with Gasteiger partial charge in [-0.1, -0.05) is 47.0 Å². The van der Waals surface area contributed by atoms with Crippen LogP contribution in [0.15, 0.2) is 42.7 Å². The minimum absolute atomic E-state index is 0.456. The average molecular weight is 305 g/mol. The minimum atomic E-state index is 0.456. The molecular weight excluding hydrogens is 288 g/mol. The first-order valence-corrected chi connectivity index (χ1v) is 7.50. The van der Waals surface area contributed by atoms with Gasteiger partial charge in [-0.2, -0.15) is 5.10 Å². The molecule has 1 fully saturated rings. The summed E-state index contributed by atoms with van der Waals surface area (Å²) in [5.74, 6) is 0.776. The number of aromatic nitrogens is 2. The molecule has 1 atom stereocenters. The lowest BCUT2D eigenvalue weighted by atomic mass is 10.0. The third-order valence-electron chi connectivity index (χ3n) is 3.76.